The van der Waals surface area contributed by atoms with Crippen molar-refractivity contribution in [3.63, 3.8) is 0 Å². The number of aryl methyl sites for hydroxylation is 1. The fourth-order valence-corrected chi connectivity index (χ4v) is 2.07. The lowest BCUT2D eigenvalue weighted by molar-refractivity contribution is 0.293. The molecule has 0 aromatic heterocycles. The Bertz CT molecular complexity index is 421. The molecular formula is C15H23ClFNO. The van der Waals surface area contributed by atoms with E-state index in [0.717, 1.165) is 29.9 Å². The molecule has 19 heavy (non-hydrogen) atoms. The molecule has 1 unspecified atom stereocenters. The number of hydrogen-bond acceptors (Lipinski definition) is 2. The normalized spacial score (nSPS) is 15.8. The van der Waals surface area contributed by atoms with Gasteiger partial charge in [-0.25, -0.2) is 4.39 Å². The smallest absolute Gasteiger partial charge is 0.125 e. The highest BCUT2D eigenvalue weighted by Gasteiger charge is 2.23. The summed E-state index contributed by atoms with van der Waals surface area (Å²) in [5.74, 6) is 1.33. The SMILES string of the molecule is CCC(N)Cc1cc(F)cc(C)c1OCC1CC1.Cl. The zero-order valence-corrected chi connectivity index (χ0v) is 12.4. The van der Waals surface area contributed by atoms with Gasteiger partial charge in [-0.05, 0) is 61.8 Å². The molecule has 4 heteroatoms. The summed E-state index contributed by atoms with van der Waals surface area (Å²) < 4.78 is 19.3. The standard InChI is InChI=1S/C15H22FNO.ClH/c1-3-14(17)8-12-7-13(16)6-10(2)15(12)18-9-11-4-5-11;/h6-7,11,14H,3-5,8-9,17H2,1-2H3;1H. The molecule has 2 nitrogen and oxygen atoms in total. The van der Waals surface area contributed by atoms with Crippen LogP contribution in [0.2, 0.25) is 0 Å². The molecule has 0 amide bonds. The van der Waals surface area contributed by atoms with Crippen molar-refractivity contribution in [2.45, 2.75) is 45.6 Å². The zero-order chi connectivity index (χ0) is 13.1. The molecule has 0 bridgehead atoms. The monoisotopic (exact) mass is 287 g/mol. The first kappa shape index (κ1) is 16.3. The Morgan fingerprint density at radius 3 is 2.68 bits per heavy atom. The van der Waals surface area contributed by atoms with E-state index in [-0.39, 0.29) is 24.3 Å². The van der Waals surface area contributed by atoms with E-state index in [2.05, 4.69) is 0 Å². The number of rotatable bonds is 6. The van der Waals surface area contributed by atoms with Crippen molar-refractivity contribution < 1.29 is 9.13 Å². The van der Waals surface area contributed by atoms with Crippen LogP contribution in [-0.4, -0.2) is 12.6 Å². The molecule has 1 aromatic carbocycles. The van der Waals surface area contributed by atoms with E-state index in [0.29, 0.717) is 12.3 Å². The van der Waals surface area contributed by atoms with E-state index in [1.54, 1.807) is 6.07 Å². The average molecular weight is 288 g/mol. The highest BCUT2D eigenvalue weighted by Crippen LogP contribution is 2.32. The maximum Gasteiger partial charge on any atom is 0.125 e. The lowest BCUT2D eigenvalue weighted by atomic mass is 10.0. The lowest BCUT2D eigenvalue weighted by Gasteiger charge is -2.16. The Morgan fingerprint density at radius 1 is 1.42 bits per heavy atom. The molecule has 2 N–H and O–H groups in total. The molecule has 1 saturated carbocycles. The molecule has 1 atom stereocenters. The minimum atomic E-state index is -0.204. The van der Waals surface area contributed by atoms with Crippen molar-refractivity contribution in [1.29, 1.82) is 0 Å². The molecule has 0 saturated heterocycles. The van der Waals surface area contributed by atoms with E-state index >= 15 is 0 Å². The first-order valence-corrected chi connectivity index (χ1v) is 6.77. The molecule has 1 fully saturated rings. The second-order valence-electron chi connectivity index (χ2n) is 5.34. The van der Waals surface area contributed by atoms with Crippen LogP contribution in [0.4, 0.5) is 4.39 Å². The van der Waals surface area contributed by atoms with Gasteiger partial charge >= 0.3 is 0 Å². The summed E-state index contributed by atoms with van der Waals surface area (Å²) in [6.07, 6.45) is 4.07. The van der Waals surface area contributed by atoms with Crippen LogP contribution in [0.1, 0.15) is 37.3 Å². The van der Waals surface area contributed by atoms with Gasteiger partial charge in [0.2, 0.25) is 0 Å². The zero-order valence-electron chi connectivity index (χ0n) is 11.6. The van der Waals surface area contributed by atoms with E-state index in [1.165, 1.54) is 18.9 Å². The van der Waals surface area contributed by atoms with Gasteiger partial charge in [0.25, 0.3) is 0 Å². The molecule has 1 aromatic rings. The fourth-order valence-electron chi connectivity index (χ4n) is 2.07. The molecule has 108 valence electrons. The Kier molecular flexibility index (Phi) is 6.08. The Labute approximate surface area is 120 Å². The van der Waals surface area contributed by atoms with Crippen molar-refractivity contribution in [3.05, 3.63) is 29.1 Å². The molecule has 1 aliphatic rings. The molecule has 0 heterocycles. The minimum Gasteiger partial charge on any atom is -0.493 e. The van der Waals surface area contributed by atoms with Gasteiger partial charge in [-0.15, -0.1) is 12.4 Å². The third kappa shape index (κ3) is 4.66. The van der Waals surface area contributed by atoms with Gasteiger partial charge in [-0.1, -0.05) is 6.92 Å². The fraction of sp³-hybridized carbons (Fsp3) is 0.600. The van der Waals surface area contributed by atoms with Gasteiger partial charge < -0.3 is 10.5 Å². The van der Waals surface area contributed by atoms with Crippen LogP contribution in [-0.2, 0) is 6.42 Å². The van der Waals surface area contributed by atoms with E-state index < -0.39 is 0 Å². The molecular weight excluding hydrogens is 265 g/mol. The summed E-state index contributed by atoms with van der Waals surface area (Å²) in [6.45, 7) is 4.69. The second kappa shape index (κ2) is 7.11. The summed E-state index contributed by atoms with van der Waals surface area (Å²) in [5.41, 5.74) is 7.74. The van der Waals surface area contributed by atoms with Crippen LogP contribution in [0.25, 0.3) is 0 Å². The van der Waals surface area contributed by atoms with E-state index in [4.69, 9.17) is 10.5 Å². The largest absolute Gasteiger partial charge is 0.493 e. The number of benzene rings is 1. The third-order valence-electron chi connectivity index (χ3n) is 3.48. The number of halogens is 2. The second-order valence-corrected chi connectivity index (χ2v) is 5.34. The molecule has 1 aliphatic carbocycles. The summed E-state index contributed by atoms with van der Waals surface area (Å²) in [7, 11) is 0. The van der Waals surface area contributed by atoms with Gasteiger partial charge in [0.15, 0.2) is 0 Å². The number of nitrogens with two attached hydrogens (primary N) is 1. The van der Waals surface area contributed by atoms with Gasteiger partial charge in [-0.2, -0.15) is 0 Å². The third-order valence-corrected chi connectivity index (χ3v) is 3.48. The first-order chi connectivity index (χ1) is 8.60. The highest BCUT2D eigenvalue weighted by atomic mass is 35.5. The van der Waals surface area contributed by atoms with Crippen molar-refractivity contribution in [3.8, 4) is 5.75 Å². The molecule has 2 rings (SSSR count). The van der Waals surface area contributed by atoms with Gasteiger partial charge in [0, 0.05) is 6.04 Å². The topological polar surface area (TPSA) is 35.2 Å². The van der Waals surface area contributed by atoms with Crippen molar-refractivity contribution >= 4 is 12.4 Å². The van der Waals surface area contributed by atoms with E-state index in [9.17, 15) is 4.39 Å². The van der Waals surface area contributed by atoms with Crippen molar-refractivity contribution in [1.82, 2.24) is 0 Å². The average Bonchev–Trinajstić information content (AvgIpc) is 3.11. The van der Waals surface area contributed by atoms with Crippen molar-refractivity contribution in [2.75, 3.05) is 6.61 Å². The summed E-state index contributed by atoms with van der Waals surface area (Å²) >= 11 is 0. The number of ether oxygens (including phenoxy) is 1. The maximum atomic E-state index is 13.5. The Balaban J connectivity index is 0.00000180. The van der Waals surface area contributed by atoms with Gasteiger partial charge in [-0.3, -0.25) is 0 Å². The number of hydrogen-bond donors (Lipinski definition) is 1. The van der Waals surface area contributed by atoms with Crippen LogP contribution in [0.5, 0.6) is 5.75 Å². The molecule has 0 aliphatic heterocycles. The van der Waals surface area contributed by atoms with Crippen LogP contribution >= 0.6 is 12.4 Å². The lowest BCUT2D eigenvalue weighted by Crippen LogP contribution is -2.22. The van der Waals surface area contributed by atoms with E-state index in [1.807, 2.05) is 13.8 Å². The predicted molar refractivity (Wildman–Crippen MR) is 78.6 cm³/mol. The minimum absolute atomic E-state index is 0. The Hall–Kier alpha value is -0.800. The predicted octanol–water partition coefficient (Wildman–Crippen LogP) is 3.62. The first-order valence-electron chi connectivity index (χ1n) is 6.77. The van der Waals surface area contributed by atoms with Gasteiger partial charge in [0.1, 0.15) is 11.6 Å². The van der Waals surface area contributed by atoms with Crippen LogP contribution in [0.3, 0.4) is 0 Å². The molecule has 0 spiro atoms. The maximum absolute atomic E-state index is 13.5. The molecule has 0 radical (unpaired) electrons. The van der Waals surface area contributed by atoms with Crippen LogP contribution in [0, 0.1) is 18.7 Å². The quantitative estimate of drug-likeness (QED) is 0.867. The van der Waals surface area contributed by atoms with Crippen LogP contribution in [0.15, 0.2) is 12.1 Å². The van der Waals surface area contributed by atoms with Gasteiger partial charge in [0.05, 0.1) is 6.61 Å². The summed E-state index contributed by atoms with van der Waals surface area (Å²) in [5, 5.41) is 0. The summed E-state index contributed by atoms with van der Waals surface area (Å²) in [6, 6.07) is 3.16. The van der Waals surface area contributed by atoms with Crippen LogP contribution < -0.4 is 10.5 Å². The van der Waals surface area contributed by atoms with Crippen molar-refractivity contribution in [2.24, 2.45) is 11.7 Å². The summed E-state index contributed by atoms with van der Waals surface area (Å²) in [4.78, 5) is 0. The highest BCUT2D eigenvalue weighted by molar-refractivity contribution is 5.85. The Morgan fingerprint density at radius 2 is 2.11 bits per heavy atom.